The number of halogens is 1. The molecule has 0 fully saturated rings. The zero-order valence-corrected chi connectivity index (χ0v) is 9.59. The number of carbonyl (C=O) groups is 1. The first-order valence-corrected chi connectivity index (χ1v) is 5.44. The topological polar surface area (TPSA) is 26.3 Å². The predicted octanol–water partition coefficient (Wildman–Crippen LogP) is 2.88. The van der Waals surface area contributed by atoms with E-state index in [-0.39, 0.29) is 5.78 Å². The van der Waals surface area contributed by atoms with E-state index in [1.165, 1.54) is 0 Å². The van der Waals surface area contributed by atoms with E-state index < -0.39 is 0 Å². The Balaban J connectivity index is 2.34. The van der Waals surface area contributed by atoms with E-state index in [0.717, 1.165) is 5.56 Å². The summed E-state index contributed by atoms with van der Waals surface area (Å²) in [5, 5.41) is 0.695. The highest BCUT2D eigenvalue weighted by Gasteiger charge is 2.03. The average molecular weight is 227 g/mol. The summed E-state index contributed by atoms with van der Waals surface area (Å²) >= 11 is 5.75. The second kappa shape index (κ2) is 6.59. The van der Waals surface area contributed by atoms with Crippen LogP contribution in [0.4, 0.5) is 0 Å². The molecule has 0 radical (unpaired) electrons. The monoisotopic (exact) mass is 226 g/mol. The van der Waals surface area contributed by atoms with E-state index in [9.17, 15) is 4.79 Å². The number of ketones is 1. The summed E-state index contributed by atoms with van der Waals surface area (Å²) in [7, 11) is 0. The first-order valence-electron chi connectivity index (χ1n) is 5.06. The minimum atomic E-state index is 0.200. The maximum Gasteiger partial charge on any atom is 0.139 e. The van der Waals surface area contributed by atoms with Gasteiger partial charge in [-0.05, 0) is 24.6 Å². The lowest BCUT2D eigenvalue weighted by molar-refractivity contribution is -0.119. The molecule has 82 valence electrons. The third-order valence-corrected chi connectivity index (χ3v) is 2.30. The molecule has 1 aromatic carbocycles. The molecule has 0 amide bonds. The number of Topliss-reactive ketones (excluding diaryl/α,β-unsaturated/α-hetero) is 1. The highest BCUT2D eigenvalue weighted by atomic mass is 35.5. The zero-order valence-electron chi connectivity index (χ0n) is 8.83. The summed E-state index contributed by atoms with van der Waals surface area (Å²) in [6, 6.07) is 7.35. The van der Waals surface area contributed by atoms with Crippen LogP contribution in [-0.4, -0.2) is 19.0 Å². The molecule has 0 N–H and O–H groups in total. The van der Waals surface area contributed by atoms with E-state index in [4.69, 9.17) is 16.3 Å². The molecular formula is C12H15ClO2. The van der Waals surface area contributed by atoms with E-state index in [2.05, 4.69) is 0 Å². The fourth-order valence-corrected chi connectivity index (χ4v) is 1.37. The van der Waals surface area contributed by atoms with Crippen molar-refractivity contribution in [3.63, 3.8) is 0 Å². The largest absolute Gasteiger partial charge is 0.381 e. The molecule has 0 spiro atoms. The Morgan fingerprint density at radius 2 is 2.00 bits per heavy atom. The Morgan fingerprint density at radius 1 is 1.33 bits per heavy atom. The number of hydrogen-bond donors (Lipinski definition) is 0. The van der Waals surface area contributed by atoms with Crippen LogP contribution in [0.25, 0.3) is 0 Å². The lowest BCUT2D eigenvalue weighted by Gasteiger charge is -2.02. The van der Waals surface area contributed by atoms with Gasteiger partial charge >= 0.3 is 0 Å². The van der Waals surface area contributed by atoms with Crippen LogP contribution in [0.2, 0.25) is 5.02 Å². The number of carbonyl (C=O) groups excluding carboxylic acids is 1. The van der Waals surface area contributed by atoms with E-state index in [0.29, 0.717) is 31.1 Å². The summed E-state index contributed by atoms with van der Waals surface area (Å²) in [6.07, 6.45) is 0.945. The van der Waals surface area contributed by atoms with E-state index in [1.807, 2.05) is 19.1 Å². The molecule has 0 saturated carbocycles. The Kier molecular flexibility index (Phi) is 5.37. The molecular weight excluding hydrogens is 212 g/mol. The van der Waals surface area contributed by atoms with Crippen molar-refractivity contribution in [2.24, 2.45) is 0 Å². The molecule has 3 heteroatoms. The summed E-state index contributed by atoms with van der Waals surface area (Å²) < 4.78 is 5.12. The van der Waals surface area contributed by atoms with Crippen LogP contribution < -0.4 is 0 Å². The molecule has 1 aromatic rings. The summed E-state index contributed by atoms with van der Waals surface area (Å²) in [4.78, 5) is 11.5. The van der Waals surface area contributed by atoms with Crippen molar-refractivity contribution < 1.29 is 9.53 Å². The Bertz CT molecular complexity index is 306. The Morgan fingerprint density at radius 3 is 2.60 bits per heavy atom. The van der Waals surface area contributed by atoms with Crippen LogP contribution in [-0.2, 0) is 16.0 Å². The maximum atomic E-state index is 11.5. The third-order valence-electron chi connectivity index (χ3n) is 2.04. The molecule has 0 aliphatic rings. The van der Waals surface area contributed by atoms with Crippen LogP contribution in [0.15, 0.2) is 24.3 Å². The number of hydrogen-bond acceptors (Lipinski definition) is 2. The van der Waals surface area contributed by atoms with Crippen molar-refractivity contribution in [2.45, 2.75) is 19.8 Å². The smallest absolute Gasteiger partial charge is 0.139 e. The summed E-state index contributed by atoms with van der Waals surface area (Å²) in [5.41, 5.74) is 1.00. The minimum Gasteiger partial charge on any atom is -0.381 e. The van der Waals surface area contributed by atoms with Crippen molar-refractivity contribution in [1.82, 2.24) is 0 Å². The van der Waals surface area contributed by atoms with Gasteiger partial charge in [0.05, 0.1) is 6.61 Å². The molecule has 0 heterocycles. The van der Waals surface area contributed by atoms with Crippen LogP contribution in [0.5, 0.6) is 0 Å². The lowest BCUT2D eigenvalue weighted by Crippen LogP contribution is -2.07. The van der Waals surface area contributed by atoms with Gasteiger partial charge in [-0.15, -0.1) is 0 Å². The van der Waals surface area contributed by atoms with Gasteiger partial charge in [0.2, 0.25) is 0 Å². The molecule has 0 aromatic heterocycles. The molecule has 1 rings (SSSR count). The maximum absolute atomic E-state index is 11.5. The number of rotatable bonds is 6. The normalized spacial score (nSPS) is 10.3. The van der Waals surface area contributed by atoms with E-state index >= 15 is 0 Å². The molecule has 0 saturated heterocycles. The van der Waals surface area contributed by atoms with Gasteiger partial charge in [0.1, 0.15) is 5.78 Å². The van der Waals surface area contributed by atoms with Crippen molar-refractivity contribution in [2.75, 3.05) is 13.2 Å². The van der Waals surface area contributed by atoms with Crippen LogP contribution in [0.3, 0.4) is 0 Å². The van der Waals surface area contributed by atoms with Gasteiger partial charge in [-0.25, -0.2) is 0 Å². The van der Waals surface area contributed by atoms with Crippen molar-refractivity contribution in [1.29, 1.82) is 0 Å². The average Bonchev–Trinajstić information content (AvgIpc) is 2.22. The third kappa shape index (κ3) is 4.96. The molecule has 0 unspecified atom stereocenters. The SMILES string of the molecule is CCOCCC(=O)Cc1ccc(Cl)cc1. The summed E-state index contributed by atoms with van der Waals surface area (Å²) in [6.45, 7) is 3.10. The van der Waals surface area contributed by atoms with Crippen molar-refractivity contribution in [3.05, 3.63) is 34.9 Å². The van der Waals surface area contributed by atoms with Gasteiger partial charge in [0.15, 0.2) is 0 Å². The second-order valence-electron chi connectivity index (χ2n) is 3.29. The highest BCUT2D eigenvalue weighted by Crippen LogP contribution is 2.10. The number of ether oxygens (including phenoxy) is 1. The fourth-order valence-electron chi connectivity index (χ4n) is 1.25. The highest BCUT2D eigenvalue weighted by molar-refractivity contribution is 6.30. The van der Waals surface area contributed by atoms with Crippen LogP contribution >= 0.6 is 11.6 Å². The molecule has 2 nitrogen and oxygen atoms in total. The molecule has 0 bridgehead atoms. The summed E-state index contributed by atoms with van der Waals surface area (Å²) in [5.74, 6) is 0.200. The number of benzene rings is 1. The lowest BCUT2D eigenvalue weighted by atomic mass is 10.1. The van der Waals surface area contributed by atoms with Gasteiger partial charge in [0, 0.05) is 24.5 Å². The van der Waals surface area contributed by atoms with Gasteiger partial charge in [-0.1, -0.05) is 23.7 Å². The standard InChI is InChI=1S/C12H15ClO2/c1-2-15-8-7-12(14)9-10-3-5-11(13)6-4-10/h3-6H,2,7-9H2,1H3. The van der Waals surface area contributed by atoms with Gasteiger partial charge in [-0.3, -0.25) is 4.79 Å². The first kappa shape index (κ1) is 12.2. The Hall–Kier alpha value is -0.860. The molecule has 15 heavy (non-hydrogen) atoms. The van der Waals surface area contributed by atoms with E-state index in [1.54, 1.807) is 12.1 Å². The van der Waals surface area contributed by atoms with Crippen LogP contribution in [0, 0.1) is 0 Å². The molecule has 0 aliphatic carbocycles. The van der Waals surface area contributed by atoms with Crippen molar-refractivity contribution in [3.8, 4) is 0 Å². The first-order chi connectivity index (χ1) is 7.22. The van der Waals surface area contributed by atoms with Crippen molar-refractivity contribution >= 4 is 17.4 Å². The van der Waals surface area contributed by atoms with Gasteiger partial charge in [-0.2, -0.15) is 0 Å². The minimum absolute atomic E-state index is 0.200. The van der Waals surface area contributed by atoms with Gasteiger partial charge < -0.3 is 4.74 Å². The fraction of sp³-hybridized carbons (Fsp3) is 0.417. The molecule has 0 aliphatic heterocycles. The quantitative estimate of drug-likeness (QED) is 0.698. The Labute approximate surface area is 95.2 Å². The van der Waals surface area contributed by atoms with Gasteiger partial charge in [0.25, 0.3) is 0 Å². The second-order valence-corrected chi connectivity index (χ2v) is 3.73. The predicted molar refractivity (Wildman–Crippen MR) is 61.3 cm³/mol. The zero-order chi connectivity index (χ0) is 11.1. The molecule has 0 atom stereocenters. The van der Waals surface area contributed by atoms with Crippen LogP contribution in [0.1, 0.15) is 18.9 Å².